The van der Waals surface area contributed by atoms with E-state index in [0.29, 0.717) is 0 Å². The second-order valence-electron chi connectivity index (χ2n) is 2.09. The van der Waals surface area contributed by atoms with Gasteiger partial charge in [-0.15, -0.1) is 4.91 Å². The van der Waals surface area contributed by atoms with Crippen molar-refractivity contribution in [1.82, 2.24) is 5.43 Å². The van der Waals surface area contributed by atoms with Crippen LogP contribution in [0.3, 0.4) is 0 Å². The molecule has 1 unspecified atom stereocenters. The average molecular weight is 146 g/mol. The number of hydrogen-bond acceptors (Lipinski definition) is 3. The summed E-state index contributed by atoms with van der Waals surface area (Å²) in [4.78, 5) is 9.70. The van der Waals surface area contributed by atoms with Crippen molar-refractivity contribution < 1.29 is 4.74 Å². The number of methoxy groups -OCH3 is 1. The zero-order chi connectivity index (χ0) is 7.82. The van der Waals surface area contributed by atoms with Gasteiger partial charge in [-0.2, -0.15) is 0 Å². The predicted octanol–water partition coefficient (Wildman–Crippen LogP) is 1.42. The molecule has 4 nitrogen and oxygen atoms in total. The maximum atomic E-state index is 9.70. The van der Waals surface area contributed by atoms with E-state index in [-0.39, 0.29) is 6.23 Å². The number of unbranched alkanes of at least 4 members (excludes halogenated alkanes) is 1. The van der Waals surface area contributed by atoms with Crippen LogP contribution in [-0.2, 0) is 4.74 Å². The van der Waals surface area contributed by atoms with Crippen molar-refractivity contribution in [2.24, 2.45) is 5.29 Å². The first-order valence-corrected chi connectivity index (χ1v) is 3.45. The Bertz CT molecular complexity index is 87.8. The lowest BCUT2D eigenvalue weighted by Gasteiger charge is -2.10. The summed E-state index contributed by atoms with van der Waals surface area (Å²) >= 11 is 0. The van der Waals surface area contributed by atoms with Crippen LogP contribution >= 0.6 is 0 Å². The molecule has 0 radical (unpaired) electrons. The second kappa shape index (κ2) is 6.48. The zero-order valence-electron chi connectivity index (χ0n) is 6.46. The van der Waals surface area contributed by atoms with Crippen LogP contribution < -0.4 is 5.43 Å². The fourth-order valence-corrected chi connectivity index (χ4v) is 0.683. The fourth-order valence-electron chi connectivity index (χ4n) is 0.683. The van der Waals surface area contributed by atoms with Crippen LogP contribution in [-0.4, -0.2) is 13.3 Å². The molecule has 1 atom stereocenters. The number of nitroso groups, excluding NO2 is 1. The van der Waals surface area contributed by atoms with Gasteiger partial charge in [0.25, 0.3) is 0 Å². The molecule has 0 aromatic carbocycles. The molecule has 1 N–H and O–H groups in total. The smallest absolute Gasteiger partial charge is 0.145 e. The summed E-state index contributed by atoms with van der Waals surface area (Å²) in [5, 5.41) is 2.53. The molecule has 0 aromatic heterocycles. The molecule has 0 saturated carbocycles. The standard InChI is InChI=1S/C6H14N2O2/c1-3-4-5-6(10-2)7-8-9/h6H,3-5H2,1-2H3,(H,7,9). The van der Waals surface area contributed by atoms with E-state index in [9.17, 15) is 4.91 Å². The van der Waals surface area contributed by atoms with Crippen LogP contribution in [0.25, 0.3) is 0 Å². The van der Waals surface area contributed by atoms with E-state index in [1.54, 1.807) is 7.11 Å². The SMILES string of the molecule is CCCCC(NN=O)OC. The molecule has 4 heteroatoms. The highest BCUT2D eigenvalue weighted by Gasteiger charge is 2.02. The molecule has 0 bridgehead atoms. The van der Waals surface area contributed by atoms with Crippen molar-refractivity contribution in [2.75, 3.05) is 7.11 Å². The first-order chi connectivity index (χ1) is 4.85. The number of nitrogens with one attached hydrogen (secondary N) is 1. The lowest BCUT2D eigenvalue weighted by Crippen LogP contribution is -2.25. The Labute approximate surface area is 60.9 Å². The average Bonchev–Trinajstić information content (AvgIpc) is 1.98. The Hall–Kier alpha value is -0.640. The Balaban J connectivity index is 3.29. The van der Waals surface area contributed by atoms with Gasteiger partial charge in [0.2, 0.25) is 0 Å². The van der Waals surface area contributed by atoms with Crippen molar-refractivity contribution in [3.63, 3.8) is 0 Å². The number of hydrogen-bond donors (Lipinski definition) is 1. The van der Waals surface area contributed by atoms with Crippen LogP contribution in [0.15, 0.2) is 5.29 Å². The van der Waals surface area contributed by atoms with Gasteiger partial charge in [-0.05, 0) is 12.8 Å². The van der Waals surface area contributed by atoms with Crippen molar-refractivity contribution in [1.29, 1.82) is 0 Å². The van der Waals surface area contributed by atoms with Crippen LogP contribution in [0.4, 0.5) is 0 Å². The van der Waals surface area contributed by atoms with E-state index in [0.717, 1.165) is 19.3 Å². The van der Waals surface area contributed by atoms with E-state index >= 15 is 0 Å². The van der Waals surface area contributed by atoms with E-state index in [2.05, 4.69) is 17.6 Å². The maximum absolute atomic E-state index is 9.70. The van der Waals surface area contributed by atoms with Crippen molar-refractivity contribution >= 4 is 0 Å². The Morgan fingerprint density at radius 1 is 1.70 bits per heavy atom. The quantitative estimate of drug-likeness (QED) is 0.350. The van der Waals surface area contributed by atoms with Crippen molar-refractivity contribution in [3.05, 3.63) is 4.91 Å². The van der Waals surface area contributed by atoms with E-state index in [4.69, 9.17) is 4.74 Å². The minimum Gasteiger partial charge on any atom is -0.360 e. The number of nitrogens with zero attached hydrogens (tertiary/aromatic N) is 1. The molecular formula is C6H14N2O2. The molecule has 0 saturated heterocycles. The van der Waals surface area contributed by atoms with Gasteiger partial charge >= 0.3 is 0 Å². The lowest BCUT2D eigenvalue weighted by molar-refractivity contribution is 0.0656. The molecule has 0 aromatic rings. The van der Waals surface area contributed by atoms with Crippen LogP contribution in [0.5, 0.6) is 0 Å². The van der Waals surface area contributed by atoms with Gasteiger partial charge in [0.15, 0.2) is 0 Å². The van der Waals surface area contributed by atoms with E-state index in [1.807, 2.05) is 0 Å². The highest BCUT2D eigenvalue weighted by Crippen LogP contribution is 2.00. The summed E-state index contributed by atoms with van der Waals surface area (Å²) in [5.41, 5.74) is 2.31. The zero-order valence-corrected chi connectivity index (χ0v) is 6.46. The first kappa shape index (κ1) is 9.36. The summed E-state index contributed by atoms with van der Waals surface area (Å²) in [7, 11) is 1.55. The maximum Gasteiger partial charge on any atom is 0.145 e. The van der Waals surface area contributed by atoms with Crippen LogP contribution in [0, 0.1) is 4.91 Å². The summed E-state index contributed by atoms with van der Waals surface area (Å²) in [6.07, 6.45) is 2.76. The predicted molar refractivity (Wildman–Crippen MR) is 39.3 cm³/mol. The molecule has 0 amide bonds. The molecule has 0 aliphatic heterocycles. The summed E-state index contributed by atoms with van der Waals surface area (Å²) in [5.74, 6) is 0. The lowest BCUT2D eigenvalue weighted by atomic mass is 10.2. The largest absolute Gasteiger partial charge is 0.360 e. The minimum atomic E-state index is -0.211. The molecule has 0 fully saturated rings. The molecule has 0 rings (SSSR count). The third-order valence-electron chi connectivity index (χ3n) is 1.30. The number of ether oxygens (including phenoxy) is 1. The molecule has 60 valence electrons. The minimum absolute atomic E-state index is 0.211. The second-order valence-corrected chi connectivity index (χ2v) is 2.09. The van der Waals surface area contributed by atoms with Gasteiger partial charge in [0.1, 0.15) is 6.23 Å². The Morgan fingerprint density at radius 2 is 2.40 bits per heavy atom. The third kappa shape index (κ3) is 4.26. The molecule has 10 heavy (non-hydrogen) atoms. The monoisotopic (exact) mass is 146 g/mol. The van der Waals surface area contributed by atoms with Gasteiger partial charge in [-0.25, -0.2) is 5.43 Å². The highest BCUT2D eigenvalue weighted by atomic mass is 16.5. The molecule has 0 aliphatic rings. The topological polar surface area (TPSA) is 50.7 Å². The van der Waals surface area contributed by atoms with Gasteiger partial charge in [-0.3, -0.25) is 0 Å². The first-order valence-electron chi connectivity index (χ1n) is 3.45. The van der Waals surface area contributed by atoms with Gasteiger partial charge < -0.3 is 4.74 Å². The van der Waals surface area contributed by atoms with E-state index < -0.39 is 0 Å². The molecule has 0 spiro atoms. The summed E-state index contributed by atoms with van der Waals surface area (Å²) < 4.78 is 4.89. The van der Waals surface area contributed by atoms with Crippen LogP contribution in [0.1, 0.15) is 26.2 Å². The number of rotatable bonds is 6. The normalized spacial score (nSPS) is 12.6. The highest BCUT2D eigenvalue weighted by molar-refractivity contribution is 4.49. The molecule has 0 heterocycles. The fraction of sp³-hybridized carbons (Fsp3) is 1.00. The molecule has 0 aliphatic carbocycles. The summed E-state index contributed by atoms with van der Waals surface area (Å²) in [6, 6.07) is 0. The Kier molecular flexibility index (Phi) is 6.06. The van der Waals surface area contributed by atoms with Crippen molar-refractivity contribution in [2.45, 2.75) is 32.4 Å². The molecular weight excluding hydrogens is 132 g/mol. The van der Waals surface area contributed by atoms with Gasteiger partial charge in [0.05, 0.1) is 5.29 Å². The Morgan fingerprint density at radius 3 is 2.80 bits per heavy atom. The van der Waals surface area contributed by atoms with Crippen LogP contribution in [0.2, 0.25) is 0 Å². The van der Waals surface area contributed by atoms with Crippen molar-refractivity contribution in [3.8, 4) is 0 Å². The third-order valence-corrected chi connectivity index (χ3v) is 1.30. The van der Waals surface area contributed by atoms with Gasteiger partial charge in [0, 0.05) is 7.11 Å². The van der Waals surface area contributed by atoms with E-state index in [1.165, 1.54) is 0 Å². The summed E-state index contributed by atoms with van der Waals surface area (Å²) in [6.45, 7) is 2.08. The van der Waals surface area contributed by atoms with Gasteiger partial charge in [-0.1, -0.05) is 13.3 Å².